The van der Waals surface area contributed by atoms with Crippen LogP contribution in [-0.4, -0.2) is 101 Å². The molecular formula is C35H43F3N8O6S. The van der Waals surface area contributed by atoms with Crippen LogP contribution in [0, 0.1) is 17.2 Å². The van der Waals surface area contributed by atoms with Gasteiger partial charge in [-0.25, -0.2) is 21.6 Å². The lowest BCUT2D eigenvalue weighted by Gasteiger charge is -2.36. The number of benzene rings is 2. The number of amides is 3. The van der Waals surface area contributed by atoms with Crippen molar-refractivity contribution < 1.29 is 40.7 Å². The third-order valence-corrected chi connectivity index (χ3v) is 11.9. The number of halogens is 3. The molecule has 0 spiro atoms. The fourth-order valence-corrected chi connectivity index (χ4v) is 8.09. The fraction of sp³-hybridized carbons (Fsp3) is 0.543. The number of likely N-dealkylation sites (tertiary alicyclic amines) is 1. The van der Waals surface area contributed by atoms with E-state index >= 15 is 0 Å². The Kier molecular flexibility index (Phi) is 10.6. The van der Waals surface area contributed by atoms with Gasteiger partial charge in [0.2, 0.25) is 34.1 Å². The molecule has 3 fully saturated rings. The molecule has 3 aliphatic rings. The van der Waals surface area contributed by atoms with Gasteiger partial charge in [0.15, 0.2) is 0 Å². The molecule has 53 heavy (non-hydrogen) atoms. The van der Waals surface area contributed by atoms with Gasteiger partial charge in [-0.2, -0.15) is 4.80 Å². The Hall–Kier alpha value is -4.58. The highest BCUT2D eigenvalue weighted by molar-refractivity contribution is 7.91. The van der Waals surface area contributed by atoms with Crippen LogP contribution in [0.1, 0.15) is 58.1 Å². The number of rotatable bonds is 14. The first-order chi connectivity index (χ1) is 25.0. The number of ether oxygens (including phenoxy) is 1. The lowest BCUT2D eigenvalue weighted by Crippen LogP contribution is -2.60. The molecule has 286 valence electrons. The van der Waals surface area contributed by atoms with Gasteiger partial charge in [0.25, 0.3) is 5.91 Å². The SMILES string of the molecule is COc1ccc(-c2nnn([C@@H]3CC(C(=O)N[C@]4(C(=O)NS(=O)(=O)C5CC5)C[C@H]4C(F)F)N(C(=O)[C@@H](NCCc4ccccc4F)C(C)(C)C)C3)n2)cc1. The van der Waals surface area contributed by atoms with E-state index in [1.165, 1.54) is 22.9 Å². The Morgan fingerprint density at radius 3 is 2.38 bits per heavy atom. The minimum Gasteiger partial charge on any atom is -0.497 e. The van der Waals surface area contributed by atoms with Crippen LogP contribution in [-0.2, 0) is 30.8 Å². The lowest BCUT2D eigenvalue weighted by molar-refractivity contribution is -0.143. The van der Waals surface area contributed by atoms with Gasteiger partial charge < -0.3 is 20.3 Å². The highest BCUT2D eigenvalue weighted by Crippen LogP contribution is 2.48. The van der Waals surface area contributed by atoms with Gasteiger partial charge in [-0.3, -0.25) is 19.1 Å². The van der Waals surface area contributed by atoms with Crippen molar-refractivity contribution in [3.63, 3.8) is 0 Å². The standard InChI is InChI=1S/C35H43F3N8O6S/c1-34(2,3)28(39-16-15-20-7-5-6-8-26(20)36)32(48)45-19-22(46-42-30(41-44-46)21-9-11-23(52-4)12-10-21)17-27(45)31(47)40-35(18-25(35)29(37)38)33(49)43-53(50,51)24-13-14-24/h5-12,22,24-25,27-29,39H,13-19H2,1-4H3,(H,40,47)(H,43,49)/t22-,25+,27?,28-,35-/m1/s1. The molecular weight excluding hydrogens is 717 g/mol. The summed E-state index contributed by atoms with van der Waals surface area (Å²) in [6.07, 6.45) is -2.64. The van der Waals surface area contributed by atoms with Crippen LogP contribution in [0.25, 0.3) is 11.4 Å². The average Bonchev–Trinajstić information content (AvgIpc) is 3.99. The number of alkyl halides is 2. The van der Waals surface area contributed by atoms with Crippen molar-refractivity contribution in [1.29, 1.82) is 0 Å². The highest BCUT2D eigenvalue weighted by atomic mass is 32.2. The summed E-state index contributed by atoms with van der Waals surface area (Å²) in [5.41, 5.74) is -1.82. The predicted octanol–water partition coefficient (Wildman–Crippen LogP) is 2.63. The van der Waals surface area contributed by atoms with E-state index in [9.17, 15) is 36.0 Å². The summed E-state index contributed by atoms with van der Waals surface area (Å²) < 4.78 is 74.8. The molecule has 1 aliphatic heterocycles. The monoisotopic (exact) mass is 760 g/mol. The molecule has 18 heteroatoms. The molecule has 1 aromatic heterocycles. The maximum absolute atomic E-state index is 14.5. The zero-order chi connectivity index (χ0) is 38.3. The number of hydrogen-bond acceptors (Lipinski definition) is 10. The van der Waals surface area contributed by atoms with Crippen molar-refractivity contribution in [2.45, 2.75) is 88.2 Å². The van der Waals surface area contributed by atoms with Crippen molar-refractivity contribution >= 4 is 27.7 Å². The topological polar surface area (TPSA) is 178 Å². The molecule has 1 saturated heterocycles. The second-order valence-corrected chi connectivity index (χ2v) is 16.9. The smallest absolute Gasteiger partial charge is 0.259 e. The Bertz CT molecular complexity index is 1950. The highest BCUT2D eigenvalue weighted by Gasteiger charge is 2.66. The maximum atomic E-state index is 14.5. The van der Waals surface area contributed by atoms with Crippen molar-refractivity contribution in [3.05, 3.63) is 59.9 Å². The summed E-state index contributed by atoms with van der Waals surface area (Å²) in [6, 6.07) is 10.3. The summed E-state index contributed by atoms with van der Waals surface area (Å²) in [6.45, 7) is 5.61. The van der Waals surface area contributed by atoms with Gasteiger partial charge in [-0.1, -0.05) is 39.0 Å². The van der Waals surface area contributed by atoms with E-state index in [0.717, 1.165) is 0 Å². The first kappa shape index (κ1) is 38.2. The maximum Gasteiger partial charge on any atom is 0.259 e. The summed E-state index contributed by atoms with van der Waals surface area (Å²) in [4.78, 5) is 44.6. The molecule has 3 aromatic rings. The minimum atomic E-state index is -4.11. The van der Waals surface area contributed by atoms with Gasteiger partial charge in [0.05, 0.1) is 30.4 Å². The summed E-state index contributed by atoms with van der Waals surface area (Å²) in [7, 11) is -2.58. The first-order valence-corrected chi connectivity index (χ1v) is 19.0. The zero-order valence-corrected chi connectivity index (χ0v) is 30.6. The van der Waals surface area contributed by atoms with Crippen LogP contribution >= 0.6 is 0 Å². The second kappa shape index (κ2) is 14.7. The molecule has 2 heterocycles. The van der Waals surface area contributed by atoms with Gasteiger partial charge in [-0.05, 0) is 72.2 Å². The summed E-state index contributed by atoms with van der Waals surface area (Å²) >= 11 is 0. The van der Waals surface area contributed by atoms with E-state index in [-0.39, 0.29) is 37.6 Å². The Balaban J connectivity index is 1.27. The van der Waals surface area contributed by atoms with E-state index in [1.54, 1.807) is 42.5 Å². The quantitative estimate of drug-likeness (QED) is 0.222. The lowest BCUT2D eigenvalue weighted by atomic mass is 9.85. The number of nitrogens with zero attached hydrogens (tertiary/aromatic N) is 5. The van der Waals surface area contributed by atoms with Crippen LogP contribution in [0.3, 0.4) is 0 Å². The molecule has 1 unspecified atom stereocenters. The summed E-state index contributed by atoms with van der Waals surface area (Å²) in [5.74, 6) is -3.76. The van der Waals surface area contributed by atoms with Gasteiger partial charge >= 0.3 is 0 Å². The molecule has 6 rings (SSSR count). The van der Waals surface area contributed by atoms with Crippen LogP contribution < -0.4 is 20.1 Å². The minimum absolute atomic E-state index is 0.0699. The number of nitrogens with one attached hydrogen (secondary N) is 3. The molecule has 3 amide bonds. The van der Waals surface area contributed by atoms with E-state index in [0.29, 0.717) is 29.7 Å². The predicted molar refractivity (Wildman–Crippen MR) is 185 cm³/mol. The van der Waals surface area contributed by atoms with Crippen molar-refractivity contribution in [2.75, 3.05) is 20.2 Å². The van der Waals surface area contributed by atoms with E-state index in [2.05, 4.69) is 26.0 Å². The zero-order valence-electron chi connectivity index (χ0n) is 29.8. The largest absolute Gasteiger partial charge is 0.497 e. The number of tetrazole rings is 1. The fourth-order valence-electron chi connectivity index (χ4n) is 6.73. The molecule has 14 nitrogen and oxygen atoms in total. The summed E-state index contributed by atoms with van der Waals surface area (Å²) in [5, 5.41) is 17.7. The normalized spacial score (nSPS) is 23.5. The Morgan fingerprint density at radius 1 is 1.08 bits per heavy atom. The number of sulfonamides is 1. The first-order valence-electron chi connectivity index (χ1n) is 17.4. The van der Waals surface area contributed by atoms with Crippen LogP contribution in [0.15, 0.2) is 48.5 Å². The van der Waals surface area contributed by atoms with Crippen molar-refractivity contribution in [2.24, 2.45) is 11.3 Å². The van der Waals surface area contributed by atoms with E-state index in [1.807, 2.05) is 25.5 Å². The second-order valence-electron chi connectivity index (χ2n) is 14.9. The van der Waals surface area contributed by atoms with Crippen molar-refractivity contribution in [3.8, 4) is 17.1 Å². The van der Waals surface area contributed by atoms with E-state index in [4.69, 9.17) is 4.74 Å². The number of aromatic nitrogens is 4. The molecule has 5 atom stereocenters. The number of methoxy groups -OCH3 is 1. The third-order valence-electron chi connectivity index (χ3n) is 10.0. The number of carbonyl (C=O) groups excluding carboxylic acids is 3. The number of carbonyl (C=O) groups is 3. The molecule has 2 aliphatic carbocycles. The van der Waals surface area contributed by atoms with Crippen LogP contribution in [0.4, 0.5) is 13.2 Å². The van der Waals surface area contributed by atoms with Crippen LogP contribution in [0.2, 0.25) is 0 Å². The average molecular weight is 761 g/mol. The third kappa shape index (κ3) is 8.17. The Morgan fingerprint density at radius 2 is 1.77 bits per heavy atom. The van der Waals surface area contributed by atoms with Gasteiger partial charge in [0, 0.05) is 25.1 Å². The van der Waals surface area contributed by atoms with Gasteiger partial charge in [0.1, 0.15) is 23.1 Å². The molecule has 0 radical (unpaired) electrons. The van der Waals surface area contributed by atoms with Crippen molar-refractivity contribution in [1.82, 2.24) is 40.5 Å². The molecule has 2 saturated carbocycles. The Labute approximate surface area is 305 Å². The molecule has 0 bridgehead atoms. The van der Waals surface area contributed by atoms with Gasteiger partial charge in [-0.15, -0.1) is 10.2 Å². The van der Waals surface area contributed by atoms with E-state index < -0.39 is 80.8 Å². The van der Waals surface area contributed by atoms with Crippen LogP contribution in [0.5, 0.6) is 5.75 Å². The molecule has 2 aromatic carbocycles. The molecule has 3 N–H and O–H groups in total. The number of hydrogen-bond donors (Lipinski definition) is 3.